The second-order valence-electron chi connectivity index (χ2n) is 11.7. The summed E-state index contributed by atoms with van der Waals surface area (Å²) >= 11 is 0.738. The van der Waals surface area contributed by atoms with E-state index in [2.05, 4.69) is 31.6 Å². The van der Waals surface area contributed by atoms with Crippen LogP contribution in [0, 0.1) is 0 Å². The fourth-order valence-corrected chi connectivity index (χ4v) is 9.24. The summed E-state index contributed by atoms with van der Waals surface area (Å²) in [6.07, 6.45) is 0.501. The summed E-state index contributed by atoms with van der Waals surface area (Å²) in [6.45, 7) is 3.94. The lowest BCUT2D eigenvalue weighted by Crippen LogP contribution is -2.51. The largest absolute Gasteiger partial charge is 0.420 e. The Labute approximate surface area is 251 Å². The van der Waals surface area contributed by atoms with Gasteiger partial charge in [-0.15, -0.1) is 11.3 Å². The van der Waals surface area contributed by atoms with Crippen molar-refractivity contribution in [2.45, 2.75) is 68.2 Å². The number of alkyl halides is 3. The number of amides is 1. The number of benzene rings is 1. The van der Waals surface area contributed by atoms with Crippen LogP contribution in [0.25, 0.3) is 10.6 Å². The van der Waals surface area contributed by atoms with Gasteiger partial charge in [-0.05, 0) is 61.9 Å². The molecule has 43 heavy (non-hydrogen) atoms. The summed E-state index contributed by atoms with van der Waals surface area (Å²) in [6, 6.07) is 8.08. The second-order valence-corrected chi connectivity index (χ2v) is 14.8. The van der Waals surface area contributed by atoms with Crippen LogP contribution in [0.5, 0.6) is 0 Å². The second kappa shape index (κ2) is 10.4. The third-order valence-electron chi connectivity index (χ3n) is 8.70. The Hall–Kier alpha value is -3.23. The van der Waals surface area contributed by atoms with E-state index in [9.17, 15) is 26.4 Å². The smallest absolute Gasteiger partial charge is 0.368 e. The third-order valence-corrected chi connectivity index (χ3v) is 11.7. The number of anilines is 3. The van der Waals surface area contributed by atoms with Crippen LogP contribution in [-0.4, -0.2) is 72.7 Å². The van der Waals surface area contributed by atoms with Crippen LogP contribution in [0.4, 0.5) is 30.5 Å². The highest BCUT2D eigenvalue weighted by Gasteiger charge is 2.42. The van der Waals surface area contributed by atoms with Gasteiger partial charge in [0.25, 0.3) is 5.91 Å². The molecule has 228 valence electrons. The van der Waals surface area contributed by atoms with E-state index in [-0.39, 0.29) is 38.9 Å². The van der Waals surface area contributed by atoms with Crippen molar-refractivity contribution in [2.75, 3.05) is 35.6 Å². The molecule has 2 bridgehead atoms. The van der Waals surface area contributed by atoms with Crippen LogP contribution in [0.2, 0.25) is 0 Å². The lowest BCUT2D eigenvalue weighted by Gasteiger charge is -2.35. The van der Waals surface area contributed by atoms with Gasteiger partial charge in [0, 0.05) is 55.3 Å². The lowest BCUT2D eigenvalue weighted by atomic mass is 10.1. The highest BCUT2D eigenvalue weighted by Crippen LogP contribution is 2.43. The van der Waals surface area contributed by atoms with Gasteiger partial charge in [0.1, 0.15) is 10.4 Å². The molecular weight excluding hydrogens is 601 g/mol. The summed E-state index contributed by atoms with van der Waals surface area (Å²) < 4.78 is 68.6. The first-order chi connectivity index (χ1) is 20.5. The molecule has 2 atom stereocenters. The van der Waals surface area contributed by atoms with Crippen LogP contribution in [-0.2, 0) is 22.4 Å². The predicted molar refractivity (Wildman–Crippen MR) is 158 cm³/mol. The molecule has 2 aromatic heterocycles. The van der Waals surface area contributed by atoms with E-state index < -0.39 is 33.2 Å². The molecule has 2 N–H and O–H groups in total. The first-order valence-electron chi connectivity index (χ1n) is 14.5. The Balaban J connectivity index is 1.23. The standard InChI is InChI=1S/C29H31F3N6O3S2/c1-2-16-11-20(37-14-17-3-4-18(15-37)34-17)7-8-22(16)35-28-33-13-21(29(30,31)32)25(36-28)23-12-24-26(42-23)27(39)38(19-5-6-19)9-10-43(24,40)41/h7-8,11-13,17-19,34H,2-6,9-10,14-15H2,1H3,(H,33,35,36)/t17-,18+. The summed E-state index contributed by atoms with van der Waals surface area (Å²) in [5, 5.41) is 6.72. The van der Waals surface area contributed by atoms with Crippen molar-refractivity contribution in [1.82, 2.24) is 20.2 Å². The number of piperazine rings is 1. The average molecular weight is 633 g/mol. The number of halogens is 3. The number of fused-ring (bicyclic) bond motifs is 3. The summed E-state index contributed by atoms with van der Waals surface area (Å²) in [5.41, 5.74) is 1.18. The number of hydrogen-bond acceptors (Lipinski definition) is 9. The molecule has 2 saturated heterocycles. The zero-order valence-electron chi connectivity index (χ0n) is 23.4. The maximum Gasteiger partial charge on any atom is 0.420 e. The Morgan fingerprint density at radius 2 is 1.86 bits per heavy atom. The van der Waals surface area contributed by atoms with Crippen molar-refractivity contribution < 1.29 is 26.4 Å². The van der Waals surface area contributed by atoms with Crippen LogP contribution >= 0.6 is 11.3 Å². The van der Waals surface area contributed by atoms with Crippen molar-refractivity contribution in [2.24, 2.45) is 0 Å². The molecule has 5 heterocycles. The third kappa shape index (κ3) is 5.37. The summed E-state index contributed by atoms with van der Waals surface area (Å²) in [4.78, 5) is 25.1. The number of nitrogens with one attached hydrogen (secondary N) is 2. The van der Waals surface area contributed by atoms with Crippen LogP contribution in [0.15, 0.2) is 35.4 Å². The van der Waals surface area contributed by atoms with Crippen LogP contribution in [0.1, 0.15) is 53.4 Å². The monoisotopic (exact) mass is 632 g/mol. The van der Waals surface area contributed by atoms with Crippen molar-refractivity contribution in [3.05, 3.63) is 46.5 Å². The molecule has 3 fully saturated rings. The number of hydrogen-bond donors (Lipinski definition) is 2. The Bertz CT molecular complexity index is 1690. The quantitative estimate of drug-likeness (QED) is 0.397. The van der Waals surface area contributed by atoms with Gasteiger partial charge in [0.15, 0.2) is 9.84 Å². The van der Waals surface area contributed by atoms with E-state index in [1.807, 2.05) is 19.1 Å². The molecule has 0 unspecified atom stereocenters. The van der Waals surface area contributed by atoms with Gasteiger partial charge in [-0.2, -0.15) is 13.2 Å². The SMILES string of the molecule is CCc1cc(N2C[C@H]3CC[C@@H](C2)N3)ccc1Nc1ncc(C(F)(F)F)c(-c2cc3c(s2)C(=O)N(C2CC2)CCS3(=O)=O)n1. The molecule has 3 aromatic rings. The average Bonchev–Trinajstić information content (AvgIpc) is 3.62. The molecule has 1 amide bonds. The normalized spacial score (nSPS) is 23.3. The van der Waals surface area contributed by atoms with E-state index >= 15 is 0 Å². The minimum absolute atomic E-state index is 0.0272. The van der Waals surface area contributed by atoms with Gasteiger partial charge < -0.3 is 20.4 Å². The Morgan fingerprint density at radius 3 is 2.53 bits per heavy atom. The first kappa shape index (κ1) is 28.5. The zero-order chi connectivity index (χ0) is 30.1. The number of aromatic nitrogens is 2. The molecule has 1 aromatic carbocycles. The number of rotatable bonds is 6. The highest BCUT2D eigenvalue weighted by atomic mass is 32.2. The molecule has 7 rings (SSSR count). The van der Waals surface area contributed by atoms with Crippen molar-refractivity contribution in [3.63, 3.8) is 0 Å². The van der Waals surface area contributed by atoms with E-state index in [4.69, 9.17) is 0 Å². The number of carbonyl (C=O) groups is 1. The Morgan fingerprint density at radius 1 is 1.12 bits per heavy atom. The van der Waals surface area contributed by atoms with Crippen LogP contribution < -0.4 is 15.5 Å². The van der Waals surface area contributed by atoms with E-state index in [0.29, 0.717) is 30.4 Å². The highest BCUT2D eigenvalue weighted by molar-refractivity contribution is 7.91. The van der Waals surface area contributed by atoms with Gasteiger partial charge in [-0.25, -0.2) is 18.4 Å². The number of aryl methyl sites for hydroxylation is 1. The number of thiophene rings is 1. The predicted octanol–water partition coefficient (Wildman–Crippen LogP) is 4.86. The van der Waals surface area contributed by atoms with Gasteiger partial charge in [-0.3, -0.25) is 4.79 Å². The first-order valence-corrected chi connectivity index (χ1v) is 17.0. The minimum atomic E-state index is -4.79. The fraction of sp³-hybridized carbons (Fsp3) is 0.483. The maximum atomic E-state index is 14.1. The topological polar surface area (TPSA) is 108 Å². The Kier molecular flexibility index (Phi) is 6.93. The van der Waals surface area contributed by atoms with Crippen molar-refractivity contribution in [3.8, 4) is 10.6 Å². The van der Waals surface area contributed by atoms with Gasteiger partial charge in [-0.1, -0.05) is 6.92 Å². The molecule has 0 spiro atoms. The number of carbonyl (C=O) groups excluding carboxylic acids is 1. The summed E-state index contributed by atoms with van der Waals surface area (Å²) in [7, 11) is -3.87. The number of sulfone groups is 1. The molecule has 4 aliphatic rings. The zero-order valence-corrected chi connectivity index (χ0v) is 25.1. The van der Waals surface area contributed by atoms with Crippen molar-refractivity contribution in [1.29, 1.82) is 0 Å². The molecule has 9 nitrogen and oxygen atoms in total. The van der Waals surface area contributed by atoms with Crippen LogP contribution in [0.3, 0.4) is 0 Å². The molecule has 14 heteroatoms. The molecule has 1 saturated carbocycles. The number of nitrogens with zero attached hydrogens (tertiary/aromatic N) is 4. The van der Waals surface area contributed by atoms with Crippen molar-refractivity contribution >= 4 is 44.4 Å². The van der Waals surface area contributed by atoms with E-state index in [1.54, 1.807) is 0 Å². The summed E-state index contributed by atoms with van der Waals surface area (Å²) in [5.74, 6) is -0.782. The molecule has 3 aliphatic heterocycles. The fourth-order valence-electron chi connectivity index (χ4n) is 6.32. The van der Waals surface area contributed by atoms with Gasteiger partial charge in [0.2, 0.25) is 5.95 Å². The van der Waals surface area contributed by atoms with Gasteiger partial charge in [0.05, 0.1) is 21.2 Å². The molecular formula is C29H31F3N6O3S2. The van der Waals surface area contributed by atoms with Gasteiger partial charge >= 0.3 is 6.18 Å². The van der Waals surface area contributed by atoms with E-state index in [1.165, 1.54) is 17.7 Å². The minimum Gasteiger partial charge on any atom is -0.368 e. The maximum absolute atomic E-state index is 14.1. The van der Waals surface area contributed by atoms with E-state index in [0.717, 1.165) is 54.6 Å². The molecule has 0 radical (unpaired) electrons. The lowest BCUT2D eigenvalue weighted by molar-refractivity contribution is -0.137. The molecule has 1 aliphatic carbocycles.